The van der Waals surface area contributed by atoms with E-state index in [4.69, 9.17) is 15.2 Å². The van der Waals surface area contributed by atoms with Crippen molar-refractivity contribution in [3.8, 4) is 0 Å². The molecule has 2 atom stereocenters. The molecule has 0 aliphatic carbocycles. The molecule has 6 heteroatoms. The number of methoxy groups -OCH3 is 1. The van der Waals surface area contributed by atoms with Crippen LogP contribution in [0.4, 0.5) is 0 Å². The van der Waals surface area contributed by atoms with Crippen molar-refractivity contribution in [2.24, 2.45) is 11.7 Å². The van der Waals surface area contributed by atoms with Gasteiger partial charge in [0.1, 0.15) is 5.54 Å². The standard InChI is InChI=1S/C17H25BrN2O3/c1-17(19,14-3-5-15(18)6-4-14)16(21)20-8-7-13(11-20)12-23-10-9-22-2/h3-6,13H,7-12,19H2,1-2H3. The molecule has 1 aromatic rings. The van der Waals surface area contributed by atoms with Crippen molar-refractivity contribution in [3.63, 3.8) is 0 Å². The molecule has 0 radical (unpaired) electrons. The summed E-state index contributed by atoms with van der Waals surface area (Å²) in [5, 5.41) is 0. The number of ether oxygens (including phenoxy) is 2. The maximum Gasteiger partial charge on any atom is 0.246 e. The van der Waals surface area contributed by atoms with Crippen LogP contribution in [0.25, 0.3) is 0 Å². The highest BCUT2D eigenvalue weighted by atomic mass is 79.9. The molecule has 2 unspecified atom stereocenters. The Labute approximate surface area is 146 Å². The van der Waals surface area contributed by atoms with Gasteiger partial charge in [-0.15, -0.1) is 0 Å². The lowest BCUT2D eigenvalue weighted by Crippen LogP contribution is -2.50. The van der Waals surface area contributed by atoms with Crippen molar-refractivity contribution in [3.05, 3.63) is 34.3 Å². The van der Waals surface area contributed by atoms with Crippen LogP contribution in [0, 0.1) is 5.92 Å². The number of carbonyl (C=O) groups is 1. The highest BCUT2D eigenvalue weighted by Crippen LogP contribution is 2.26. The Bertz CT molecular complexity index is 519. The first-order valence-electron chi connectivity index (χ1n) is 7.86. The molecule has 2 N–H and O–H groups in total. The van der Waals surface area contributed by atoms with E-state index in [2.05, 4.69) is 15.9 Å². The first kappa shape index (κ1) is 18.4. The number of rotatable bonds is 7. The number of halogens is 1. The summed E-state index contributed by atoms with van der Waals surface area (Å²) in [7, 11) is 1.66. The van der Waals surface area contributed by atoms with Crippen LogP contribution in [0.2, 0.25) is 0 Å². The summed E-state index contributed by atoms with van der Waals surface area (Å²) in [6.07, 6.45) is 0.954. The molecule has 128 valence electrons. The highest BCUT2D eigenvalue weighted by molar-refractivity contribution is 9.10. The SMILES string of the molecule is COCCOCC1CCN(C(=O)C(C)(N)c2ccc(Br)cc2)C1. The van der Waals surface area contributed by atoms with Gasteiger partial charge in [0.05, 0.1) is 19.8 Å². The third-order valence-electron chi connectivity index (χ3n) is 4.25. The van der Waals surface area contributed by atoms with Crippen LogP contribution in [0.3, 0.4) is 0 Å². The van der Waals surface area contributed by atoms with Gasteiger partial charge >= 0.3 is 0 Å². The predicted molar refractivity (Wildman–Crippen MR) is 93.1 cm³/mol. The molecule has 23 heavy (non-hydrogen) atoms. The minimum Gasteiger partial charge on any atom is -0.382 e. The molecule has 1 amide bonds. The third kappa shape index (κ3) is 4.76. The quantitative estimate of drug-likeness (QED) is 0.731. The second kappa shape index (κ2) is 8.24. The maximum atomic E-state index is 12.8. The molecule has 1 aliphatic heterocycles. The smallest absolute Gasteiger partial charge is 0.246 e. The number of amides is 1. The van der Waals surface area contributed by atoms with E-state index in [0.717, 1.165) is 23.0 Å². The molecule has 5 nitrogen and oxygen atoms in total. The van der Waals surface area contributed by atoms with Crippen molar-refractivity contribution in [1.29, 1.82) is 0 Å². The van der Waals surface area contributed by atoms with E-state index in [9.17, 15) is 4.79 Å². The van der Waals surface area contributed by atoms with E-state index >= 15 is 0 Å². The Kier molecular flexibility index (Phi) is 6.59. The fourth-order valence-electron chi connectivity index (χ4n) is 2.79. The highest BCUT2D eigenvalue weighted by Gasteiger charge is 2.37. The van der Waals surface area contributed by atoms with Gasteiger partial charge in [-0.25, -0.2) is 0 Å². The van der Waals surface area contributed by atoms with Gasteiger partial charge < -0.3 is 20.1 Å². The van der Waals surface area contributed by atoms with Gasteiger partial charge in [0.25, 0.3) is 0 Å². The Morgan fingerprint density at radius 3 is 2.74 bits per heavy atom. The molecule has 1 aromatic carbocycles. The summed E-state index contributed by atoms with van der Waals surface area (Å²) in [4.78, 5) is 14.7. The van der Waals surface area contributed by atoms with Crippen LogP contribution in [-0.4, -0.2) is 50.8 Å². The Hall–Kier alpha value is -0.950. The topological polar surface area (TPSA) is 64.8 Å². The van der Waals surface area contributed by atoms with Crippen LogP contribution in [0.1, 0.15) is 18.9 Å². The molecule has 2 rings (SSSR count). The van der Waals surface area contributed by atoms with Crippen molar-refractivity contribution < 1.29 is 14.3 Å². The zero-order valence-electron chi connectivity index (χ0n) is 13.8. The minimum absolute atomic E-state index is 0.0285. The van der Waals surface area contributed by atoms with Crippen molar-refractivity contribution in [1.82, 2.24) is 4.90 Å². The van der Waals surface area contributed by atoms with Gasteiger partial charge in [-0.05, 0) is 31.0 Å². The van der Waals surface area contributed by atoms with Crippen LogP contribution in [0.5, 0.6) is 0 Å². The van der Waals surface area contributed by atoms with E-state index in [1.54, 1.807) is 14.0 Å². The van der Waals surface area contributed by atoms with Gasteiger partial charge in [-0.2, -0.15) is 0 Å². The lowest BCUT2D eigenvalue weighted by Gasteiger charge is -2.29. The van der Waals surface area contributed by atoms with Crippen LogP contribution in [0.15, 0.2) is 28.7 Å². The summed E-state index contributed by atoms with van der Waals surface area (Å²) in [5.74, 6) is 0.343. The zero-order valence-corrected chi connectivity index (χ0v) is 15.3. The fourth-order valence-corrected chi connectivity index (χ4v) is 3.06. The van der Waals surface area contributed by atoms with Gasteiger partial charge in [0.2, 0.25) is 5.91 Å². The van der Waals surface area contributed by atoms with E-state index in [-0.39, 0.29) is 5.91 Å². The molecule has 0 bridgehead atoms. The van der Waals surface area contributed by atoms with Crippen molar-refractivity contribution in [2.45, 2.75) is 18.9 Å². The number of carbonyl (C=O) groups excluding carboxylic acids is 1. The number of hydrogen-bond acceptors (Lipinski definition) is 4. The number of nitrogens with two attached hydrogens (primary N) is 1. The molecule has 0 aromatic heterocycles. The van der Waals surface area contributed by atoms with Crippen LogP contribution >= 0.6 is 15.9 Å². The Morgan fingerprint density at radius 1 is 1.39 bits per heavy atom. The van der Waals surface area contributed by atoms with Gasteiger partial charge in [0.15, 0.2) is 0 Å². The zero-order chi connectivity index (χ0) is 16.9. The summed E-state index contributed by atoms with van der Waals surface area (Å²) in [6, 6.07) is 7.60. The number of benzene rings is 1. The summed E-state index contributed by atoms with van der Waals surface area (Å²) in [5.41, 5.74) is 6.16. The molecule has 0 spiro atoms. The largest absolute Gasteiger partial charge is 0.382 e. The van der Waals surface area contributed by atoms with E-state index in [0.29, 0.717) is 32.3 Å². The average Bonchev–Trinajstić information content (AvgIpc) is 3.00. The van der Waals surface area contributed by atoms with Crippen LogP contribution < -0.4 is 5.73 Å². The van der Waals surface area contributed by atoms with Crippen LogP contribution in [-0.2, 0) is 19.8 Å². The number of nitrogens with zero attached hydrogens (tertiary/aromatic N) is 1. The van der Waals surface area contributed by atoms with E-state index in [1.807, 2.05) is 29.2 Å². The molecular formula is C17H25BrN2O3. The lowest BCUT2D eigenvalue weighted by molar-refractivity contribution is -0.135. The second-order valence-corrected chi connectivity index (χ2v) is 7.10. The molecule has 1 aliphatic rings. The monoisotopic (exact) mass is 384 g/mol. The fraction of sp³-hybridized carbons (Fsp3) is 0.588. The molecular weight excluding hydrogens is 360 g/mol. The second-order valence-electron chi connectivity index (χ2n) is 6.18. The molecule has 1 fully saturated rings. The first-order valence-corrected chi connectivity index (χ1v) is 8.65. The van der Waals surface area contributed by atoms with Crippen molar-refractivity contribution in [2.75, 3.05) is 40.0 Å². The van der Waals surface area contributed by atoms with E-state index < -0.39 is 5.54 Å². The van der Waals surface area contributed by atoms with Gasteiger partial charge in [-0.3, -0.25) is 4.79 Å². The summed E-state index contributed by atoms with van der Waals surface area (Å²) >= 11 is 3.40. The predicted octanol–water partition coefficient (Wildman–Crippen LogP) is 2.13. The third-order valence-corrected chi connectivity index (χ3v) is 4.78. The normalized spacial score (nSPS) is 20.5. The molecule has 1 heterocycles. The van der Waals surface area contributed by atoms with Gasteiger partial charge in [0, 0.05) is 30.6 Å². The number of hydrogen-bond donors (Lipinski definition) is 1. The number of likely N-dealkylation sites (tertiary alicyclic amines) is 1. The summed E-state index contributed by atoms with van der Waals surface area (Å²) in [6.45, 7) is 5.07. The van der Waals surface area contributed by atoms with Gasteiger partial charge in [-0.1, -0.05) is 28.1 Å². The Balaban J connectivity index is 1.91. The molecule has 1 saturated heterocycles. The van der Waals surface area contributed by atoms with Crippen molar-refractivity contribution >= 4 is 21.8 Å². The lowest BCUT2D eigenvalue weighted by atomic mass is 9.92. The maximum absolute atomic E-state index is 12.8. The molecule has 0 saturated carbocycles. The summed E-state index contributed by atoms with van der Waals surface area (Å²) < 4.78 is 11.5. The first-order chi connectivity index (χ1) is 10.9. The van der Waals surface area contributed by atoms with E-state index in [1.165, 1.54) is 0 Å². The Morgan fingerprint density at radius 2 is 2.09 bits per heavy atom. The average molecular weight is 385 g/mol. The minimum atomic E-state index is -1.01.